The van der Waals surface area contributed by atoms with Gasteiger partial charge in [-0.1, -0.05) is 43.0 Å². The lowest BCUT2D eigenvalue weighted by molar-refractivity contribution is 0.0859. The van der Waals surface area contributed by atoms with Gasteiger partial charge in [0.15, 0.2) is 0 Å². The van der Waals surface area contributed by atoms with E-state index >= 15 is 0 Å². The molecule has 2 saturated carbocycles. The van der Waals surface area contributed by atoms with Crippen molar-refractivity contribution < 1.29 is 0 Å². The maximum atomic E-state index is 6.05. The Balaban J connectivity index is 1.89. The topological polar surface area (TPSA) is 3.24 Å². The van der Waals surface area contributed by atoms with Gasteiger partial charge >= 0.3 is 0 Å². The molecule has 0 heterocycles. The number of likely N-dealkylation sites (N-methyl/N-ethyl adjacent to an activating group) is 1. The van der Waals surface area contributed by atoms with Crippen molar-refractivity contribution in [2.45, 2.75) is 50.0 Å². The van der Waals surface area contributed by atoms with Crippen molar-refractivity contribution in [2.75, 3.05) is 14.1 Å². The van der Waals surface area contributed by atoms with E-state index in [4.69, 9.17) is 11.6 Å². The van der Waals surface area contributed by atoms with Gasteiger partial charge in [0.2, 0.25) is 0 Å². The summed E-state index contributed by atoms with van der Waals surface area (Å²) in [6, 6.07) is 9.31. The predicted molar refractivity (Wildman–Crippen MR) is 81.8 cm³/mol. The van der Waals surface area contributed by atoms with Crippen LogP contribution in [-0.2, 0) is 5.41 Å². The summed E-state index contributed by atoms with van der Waals surface area (Å²) in [4.78, 5) is 2.46. The van der Waals surface area contributed by atoms with Crippen molar-refractivity contribution in [1.29, 1.82) is 0 Å². The molecule has 0 unspecified atom stereocenters. The van der Waals surface area contributed by atoms with E-state index in [9.17, 15) is 0 Å². The summed E-state index contributed by atoms with van der Waals surface area (Å²) in [7, 11) is 4.51. The summed E-state index contributed by atoms with van der Waals surface area (Å²) in [6.45, 7) is 0. The zero-order valence-electron chi connectivity index (χ0n) is 12.0. The van der Waals surface area contributed by atoms with Crippen molar-refractivity contribution in [2.24, 2.45) is 5.92 Å². The Morgan fingerprint density at radius 3 is 2.26 bits per heavy atom. The average molecular weight is 278 g/mol. The Morgan fingerprint density at radius 1 is 1.21 bits per heavy atom. The summed E-state index contributed by atoms with van der Waals surface area (Å²) < 4.78 is 0. The van der Waals surface area contributed by atoms with Gasteiger partial charge in [0, 0.05) is 16.5 Å². The monoisotopic (exact) mass is 277 g/mol. The van der Waals surface area contributed by atoms with Crippen molar-refractivity contribution in [3.8, 4) is 0 Å². The van der Waals surface area contributed by atoms with Gasteiger partial charge in [-0.2, -0.15) is 0 Å². The van der Waals surface area contributed by atoms with Gasteiger partial charge in [-0.15, -0.1) is 0 Å². The summed E-state index contributed by atoms with van der Waals surface area (Å²) in [5.41, 5.74) is 1.89. The Labute approximate surface area is 121 Å². The van der Waals surface area contributed by atoms with Crippen molar-refractivity contribution >= 4 is 11.6 Å². The lowest BCUT2D eigenvalue weighted by Gasteiger charge is -2.51. The van der Waals surface area contributed by atoms with Crippen LogP contribution >= 0.6 is 11.6 Å². The smallest absolute Gasteiger partial charge is 0.0406 e. The third-order valence-corrected chi connectivity index (χ3v) is 5.43. The van der Waals surface area contributed by atoms with Gasteiger partial charge < -0.3 is 4.90 Å². The van der Waals surface area contributed by atoms with Crippen molar-refractivity contribution in [3.05, 3.63) is 34.9 Å². The standard InChI is InChI=1S/C17H24ClN/c1-19(2)16(12-13-4-5-13)17(10-3-11-17)14-6-8-15(18)9-7-14/h6-9,13,16H,3-5,10-12H2,1-2H3/t16-/m0/s1. The van der Waals surface area contributed by atoms with Crippen LogP contribution in [0.2, 0.25) is 5.02 Å². The Kier molecular flexibility index (Phi) is 3.61. The number of nitrogens with zero attached hydrogens (tertiary/aromatic N) is 1. The van der Waals surface area contributed by atoms with Crippen LogP contribution in [0.4, 0.5) is 0 Å². The molecule has 0 aliphatic heterocycles. The van der Waals surface area contributed by atoms with Crippen LogP contribution in [0.3, 0.4) is 0 Å². The van der Waals surface area contributed by atoms with E-state index in [1.807, 2.05) is 0 Å². The molecule has 0 radical (unpaired) electrons. The minimum absolute atomic E-state index is 0.386. The maximum Gasteiger partial charge on any atom is 0.0406 e. The second-order valence-electron chi connectivity index (χ2n) is 6.68. The molecule has 0 amide bonds. The van der Waals surface area contributed by atoms with Gasteiger partial charge in [-0.25, -0.2) is 0 Å². The summed E-state index contributed by atoms with van der Waals surface area (Å²) in [6.07, 6.45) is 8.31. The molecule has 3 rings (SSSR count). The molecule has 2 heteroatoms. The molecular formula is C17H24ClN. The molecule has 2 aliphatic carbocycles. The molecule has 1 atom stereocenters. The van der Waals surface area contributed by atoms with E-state index in [2.05, 4.69) is 43.3 Å². The Bertz CT molecular complexity index is 429. The Morgan fingerprint density at radius 2 is 1.84 bits per heavy atom. The lowest BCUT2D eigenvalue weighted by atomic mass is 9.59. The number of rotatable bonds is 5. The zero-order valence-corrected chi connectivity index (χ0v) is 12.8. The highest BCUT2D eigenvalue weighted by molar-refractivity contribution is 6.30. The fourth-order valence-corrected chi connectivity index (χ4v) is 3.88. The van der Waals surface area contributed by atoms with Crippen molar-refractivity contribution in [3.63, 3.8) is 0 Å². The van der Waals surface area contributed by atoms with Gasteiger partial charge in [0.1, 0.15) is 0 Å². The molecule has 0 aromatic heterocycles. The minimum Gasteiger partial charge on any atom is -0.306 e. The van der Waals surface area contributed by atoms with E-state index in [0.717, 1.165) is 10.9 Å². The van der Waals surface area contributed by atoms with Gasteiger partial charge in [-0.3, -0.25) is 0 Å². The number of benzene rings is 1. The highest BCUT2D eigenvalue weighted by Crippen LogP contribution is 2.51. The normalized spacial score (nSPS) is 23.2. The first kappa shape index (κ1) is 13.5. The molecule has 0 saturated heterocycles. The fourth-order valence-electron chi connectivity index (χ4n) is 3.75. The molecule has 1 aromatic rings. The summed E-state index contributed by atoms with van der Waals surface area (Å²) in [5.74, 6) is 0.983. The molecule has 0 bridgehead atoms. The minimum atomic E-state index is 0.386. The zero-order chi connectivity index (χ0) is 13.5. The molecule has 19 heavy (non-hydrogen) atoms. The Hall–Kier alpha value is -0.530. The summed E-state index contributed by atoms with van der Waals surface area (Å²) >= 11 is 6.05. The van der Waals surface area contributed by atoms with Crippen LogP contribution in [0.15, 0.2) is 24.3 Å². The van der Waals surface area contributed by atoms with Crippen LogP contribution in [0.1, 0.15) is 44.1 Å². The van der Waals surface area contributed by atoms with Crippen LogP contribution in [0.25, 0.3) is 0 Å². The lowest BCUT2D eigenvalue weighted by Crippen LogP contribution is -2.52. The third kappa shape index (κ3) is 2.55. The first-order valence-corrected chi connectivity index (χ1v) is 7.92. The number of hydrogen-bond donors (Lipinski definition) is 0. The van der Waals surface area contributed by atoms with Gasteiger partial charge in [0.05, 0.1) is 0 Å². The van der Waals surface area contributed by atoms with E-state index in [1.54, 1.807) is 0 Å². The second kappa shape index (κ2) is 5.10. The fraction of sp³-hybridized carbons (Fsp3) is 0.647. The molecule has 0 N–H and O–H groups in total. The van der Waals surface area contributed by atoms with E-state index in [0.29, 0.717) is 11.5 Å². The highest BCUT2D eigenvalue weighted by Gasteiger charge is 2.47. The summed E-state index contributed by atoms with van der Waals surface area (Å²) in [5, 5.41) is 0.849. The number of hydrogen-bond acceptors (Lipinski definition) is 1. The number of halogens is 1. The SMILES string of the molecule is CN(C)[C@@H](CC1CC1)C1(c2ccc(Cl)cc2)CCC1. The predicted octanol–water partition coefficient (Wildman–Crippen LogP) is 4.49. The van der Waals surface area contributed by atoms with E-state index in [-0.39, 0.29) is 0 Å². The van der Waals surface area contributed by atoms with Crippen LogP contribution in [0, 0.1) is 5.92 Å². The molecule has 2 aliphatic rings. The van der Waals surface area contributed by atoms with Crippen LogP contribution in [0.5, 0.6) is 0 Å². The first-order chi connectivity index (χ1) is 9.12. The third-order valence-electron chi connectivity index (χ3n) is 5.18. The maximum absolute atomic E-state index is 6.05. The largest absolute Gasteiger partial charge is 0.306 e. The molecule has 1 nitrogen and oxygen atoms in total. The van der Waals surface area contributed by atoms with E-state index in [1.165, 1.54) is 44.1 Å². The van der Waals surface area contributed by atoms with Crippen LogP contribution < -0.4 is 0 Å². The quantitative estimate of drug-likeness (QED) is 0.766. The van der Waals surface area contributed by atoms with Gasteiger partial charge in [0.25, 0.3) is 0 Å². The molecule has 1 aromatic carbocycles. The average Bonchev–Trinajstić information content (AvgIpc) is 3.12. The van der Waals surface area contributed by atoms with Crippen molar-refractivity contribution in [1.82, 2.24) is 4.90 Å². The second-order valence-corrected chi connectivity index (χ2v) is 7.11. The van der Waals surface area contributed by atoms with E-state index < -0.39 is 0 Å². The molecular weight excluding hydrogens is 254 g/mol. The van der Waals surface area contributed by atoms with Gasteiger partial charge in [-0.05, 0) is 57.0 Å². The molecule has 2 fully saturated rings. The highest BCUT2D eigenvalue weighted by atomic mass is 35.5. The van der Waals surface area contributed by atoms with Crippen LogP contribution in [-0.4, -0.2) is 25.0 Å². The first-order valence-electron chi connectivity index (χ1n) is 7.54. The molecule has 104 valence electrons. The molecule has 0 spiro atoms.